The van der Waals surface area contributed by atoms with Crippen LogP contribution in [0.25, 0.3) is 0 Å². The monoisotopic (exact) mass is 188 g/mol. The Labute approximate surface area is 85.6 Å². The molecule has 1 saturated heterocycles. The molecule has 0 N–H and O–H groups in total. The van der Waals surface area contributed by atoms with Gasteiger partial charge < -0.3 is 9.47 Å². The summed E-state index contributed by atoms with van der Waals surface area (Å²) in [5, 5.41) is 0. The zero-order valence-electron chi connectivity index (χ0n) is 8.11. The van der Waals surface area contributed by atoms with E-state index >= 15 is 0 Å². The molecule has 1 aliphatic rings. The van der Waals surface area contributed by atoms with Crippen LogP contribution < -0.4 is 10.2 Å². The molecule has 1 heterocycles. The van der Waals surface area contributed by atoms with E-state index in [1.54, 1.807) is 0 Å². The molecule has 2 rings (SSSR count). The molecule has 1 unspecified atom stereocenters. The molecule has 0 amide bonds. The van der Waals surface area contributed by atoms with Crippen molar-refractivity contribution < 1.29 is 9.47 Å². The van der Waals surface area contributed by atoms with Gasteiger partial charge in [-0.05, 0) is 25.0 Å². The van der Waals surface area contributed by atoms with Gasteiger partial charge in [0.1, 0.15) is 13.6 Å². The summed E-state index contributed by atoms with van der Waals surface area (Å²) in [6.45, 7) is 0.805. The average molecular weight is 188 g/mol. The molecule has 0 aliphatic carbocycles. The number of ether oxygens (including phenoxy) is 2. The highest BCUT2D eigenvalue weighted by atomic mass is 16.7. The van der Waals surface area contributed by atoms with Gasteiger partial charge in [0.2, 0.25) is 0 Å². The van der Waals surface area contributed by atoms with Gasteiger partial charge in [0, 0.05) is 6.42 Å². The summed E-state index contributed by atoms with van der Waals surface area (Å²) in [6, 6.07) is 7.40. The molecule has 1 aromatic rings. The van der Waals surface area contributed by atoms with Gasteiger partial charge in [0.25, 0.3) is 0 Å². The van der Waals surface area contributed by atoms with Gasteiger partial charge in [0.05, 0.1) is 6.61 Å². The number of rotatable bonds is 2. The Bertz CT molecular complexity index is 278. The van der Waals surface area contributed by atoms with E-state index in [1.165, 1.54) is 6.42 Å². The van der Waals surface area contributed by atoms with Crippen molar-refractivity contribution in [1.29, 1.82) is 0 Å². The Morgan fingerprint density at radius 1 is 1.21 bits per heavy atom. The molecular formula is C11H13BO2. The quantitative estimate of drug-likeness (QED) is 0.652. The van der Waals surface area contributed by atoms with Crippen LogP contribution >= 0.6 is 0 Å². The third-order valence-corrected chi connectivity index (χ3v) is 2.29. The molecule has 2 radical (unpaired) electrons. The van der Waals surface area contributed by atoms with E-state index in [4.69, 9.17) is 17.3 Å². The topological polar surface area (TPSA) is 18.5 Å². The molecule has 1 aromatic carbocycles. The highest BCUT2D eigenvalue weighted by Gasteiger charge is 2.14. The Balaban J connectivity index is 1.92. The lowest BCUT2D eigenvalue weighted by molar-refractivity contribution is -0.105. The lowest BCUT2D eigenvalue weighted by Gasteiger charge is -2.23. The summed E-state index contributed by atoms with van der Waals surface area (Å²) in [4.78, 5) is 0. The van der Waals surface area contributed by atoms with Crippen LogP contribution in [0.1, 0.15) is 19.3 Å². The summed E-state index contributed by atoms with van der Waals surface area (Å²) >= 11 is 0. The Hall–Kier alpha value is -0.955. The second kappa shape index (κ2) is 4.51. The number of benzene rings is 1. The van der Waals surface area contributed by atoms with Gasteiger partial charge in [-0.25, -0.2) is 0 Å². The molecular weight excluding hydrogens is 175 g/mol. The highest BCUT2D eigenvalue weighted by Crippen LogP contribution is 2.17. The Morgan fingerprint density at radius 3 is 2.64 bits per heavy atom. The predicted molar refractivity (Wildman–Crippen MR) is 56.0 cm³/mol. The normalized spacial score (nSPS) is 21.9. The van der Waals surface area contributed by atoms with Gasteiger partial charge in [-0.3, -0.25) is 0 Å². The maximum absolute atomic E-state index is 5.63. The zero-order valence-corrected chi connectivity index (χ0v) is 8.11. The molecule has 0 saturated carbocycles. The molecule has 1 atom stereocenters. The van der Waals surface area contributed by atoms with Crippen LogP contribution in [0, 0.1) is 0 Å². The van der Waals surface area contributed by atoms with Gasteiger partial charge in [-0.1, -0.05) is 17.6 Å². The van der Waals surface area contributed by atoms with Crippen molar-refractivity contribution in [1.82, 2.24) is 0 Å². The summed E-state index contributed by atoms with van der Waals surface area (Å²) in [7, 11) is 5.57. The van der Waals surface area contributed by atoms with Crippen molar-refractivity contribution in [3.05, 3.63) is 24.3 Å². The fourth-order valence-corrected chi connectivity index (χ4v) is 1.50. The molecule has 0 bridgehead atoms. The van der Waals surface area contributed by atoms with Crippen molar-refractivity contribution in [2.45, 2.75) is 25.6 Å². The van der Waals surface area contributed by atoms with E-state index in [0.717, 1.165) is 30.7 Å². The van der Waals surface area contributed by atoms with E-state index in [-0.39, 0.29) is 6.29 Å². The van der Waals surface area contributed by atoms with Crippen LogP contribution in [-0.2, 0) is 4.74 Å². The largest absolute Gasteiger partial charge is 0.465 e. The molecule has 2 nitrogen and oxygen atoms in total. The molecule has 14 heavy (non-hydrogen) atoms. The van der Waals surface area contributed by atoms with Crippen molar-refractivity contribution in [2.75, 3.05) is 6.61 Å². The molecule has 1 fully saturated rings. The van der Waals surface area contributed by atoms with Crippen molar-refractivity contribution in [3.8, 4) is 5.75 Å². The van der Waals surface area contributed by atoms with Gasteiger partial charge >= 0.3 is 0 Å². The standard InChI is InChI=1S/C11H13BO2/c12-9-4-6-10(7-5-9)14-11-3-1-2-8-13-11/h4-7,11H,1-3,8H2. The highest BCUT2D eigenvalue weighted by molar-refractivity contribution is 6.32. The third-order valence-electron chi connectivity index (χ3n) is 2.29. The first-order valence-electron chi connectivity index (χ1n) is 4.98. The van der Waals surface area contributed by atoms with Crippen LogP contribution in [0.15, 0.2) is 24.3 Å². The molecule has 3 heteroatoms. The van der Waals surface area contributed by atoms with Crippen molar-refractivity contribution >= 4 is 13.3 Å². The average Bonchev–Trinajstić information content (AvgIpc) is 2.23. The first-order chi connectivity index (χ1) is 6.84. The molecule has 0 aromatic heterocycles. The van der Waals surface area contributed by atoms with E-state index in [2.05, 4.69) is 0 Å². The Kier molecular flexibility index (Phi) is 3.09. The maximum Gasteiger partial charge on any atom is 0.199 e. The predicted octanol–water partition coefficient (Wildman–Crippen LogP) is 1.39. The smallest absolute Gasteiger partial charge is 0.199 e. The lowest BCUT2D eigenvalue weighted by atomic mass is 9.97. The van der Waals surface area contributed by atoms with Crippen LogP contribution in [0.5, 0.6) is 5.75 Å². The minimum atomic E-state index is -0.0765. The lowest BCUT2D eigenvalue weighted by Crippen LogP contribution is -2.25. The maximum atomic E-state index is 5.63. The zero-order chi connectivity index (χ0) is 9.80. The minimum absolute atomic E-state index is 0.0765. The van der Waals surface area contributed by atoms with Crippen LogP contribution in [0.3, 0.4) is 0 Å². The second-order valence-electron chi connectivity index (χ2n) is 3.48. The first-order valence-corrected chi connectivity index (χ1v) is 4.98. The summed E-state index contributed by atoms with van der Waals surface area (Å²) < 4.78 is 11.1. The van der Waals surface area contributed by atoms with Gasteiger partial charge in [-0.15, -0.1) is 0 Å². The van der Waals surface area contributed by atoms with Gasteiger partial charge in [0.15, 0.2) is 6.29 Å². The fourth-order valence-electron chi connectivity index (χ4n) is 1.50. The van der Waals surface area contributed by atoms with E-state index in [0.29, 0.717) is 0 Å². The van der Waals surface area contributed by atoms with Crippen LogP contribution in [-0.4, -0.2) is 20.7 Å². The molecule has 72 valence electrons. The minimum Gasteiger partial charge on any atom is -0.465 e. The van der Waals surface area contributed by atoms with Gasteiger partial charge in [-0.2, -0.15) is 0 Å². The number of hydrogen-bond donors (Lipinski definition) is 0. The fraction of sp³-hybridized carbons (Fsp3) is 0.455. The SMILES string of the molecule is [B]c1ccc(OC2CCCCO2)cc1. The number of hydrogen-bond acceptors (Lipinski definition) is 2. The van der Waals surface area contributed by atoms with Crippen molar-refractivity contribution in [2.24, 2.45) is 0 Å². The summed E-state index contributed by atoms with van der Waals surface area (Å²) in [5.41, 5.74) is 0.752. The third kappa shape index (κ3) is 2.52. The van der Waals surface area contributed by atoms with E-state index in [1.807, 2.05) is 24.3 Å². The van der Waals surface area contributed by atoms with E-state index in [9.17, 15) is 0 Å². The Morgan fingerprint density at radius 2 is 2.00 bits per heavy atom. The molecule has 0 spiro atoms. The van der Waals surface area contributed by atoms with Crippen molar-refractivity contribution in [3.63, 3.8) is 0 Å². The van der Waals surface area contributed by atoms with Crippen LogP contribution in [0.4, 0.5) is 0 Å². The summed E-state index contributed by atoms with van der Waals surface area (Å²) in [5.74, 6) is 0.825. The van der Waals surface area contributed by atoms with E-state index < -0.39 is 0 Å². The van der Waals surface area contributed by atoms with Crippen LogP contribution in [0.2, 0.25) is 0 Å². The summed E-state index contributed by atoms with van der Waals surface area (Å²) in [6.07, 6.45) is 3.22. The first kappa shape index (κ1) is 9.59. The second-order valence-corrected chi connectivity index (χ2v) is 3.48. The molecule has 1 aliphatic heterocycles.